The third-order valence-electron chi connectivity index (χ3n) is 4.81. The maximum atomic E-state index is 4.80. The van der Waals surface area contributed by atoms with Gasteiger partial charge in [0.1, 0.15) is 5.82 Å². The van der Waals surface area contributed by atoms with Crippen LogP contribution in [-0.2, 0) is 0 Å². The standard InChI is InChI=1S/C20H29N5/c1-14(2)17-8-6-7-15(3)19(17)22-18-13-16(4)21-20(23-18)25-11-9-24(5)10-12-25/h6-8,13-14H,9-12H2,1-5H3,(H,21,22,23). The molecule has 0 unspecified atom stereocenters. The summed E-state index contributed by atoms with van der Waals surface area (Å²) in [6.07, 6.45) is 0. The second kappa shape index (κ2) is 7.40. The van der Waals surface area contributed by atoms with Gasteiger partial charge in [-0.2, -0.15) is 4.98 Å². The van der Waals surface area contributed by atoms with Crippen molar-refractivity contribution in [3.63, 3.8) is 0 Å². The van der Waals surface area contributed by atoms with Gasteiger partial charge < -0.3 is 15.1 Å². The van der Waals surface area contributed by atoms with Gasteiger partial charge in [0.05, 0.1) is 0 Å². The molecule has 5 nitrogen and oxygen atoms in total. The molecule has 1 aromatic carbocycles. The van der Waals surface area contributed by atoms with E-state index in [-0.39, 0.29) is 0 Å². The number of nitrogens with one attached hydrogen (secondary N) is 1. The second-order valence-corrected chi connectivity index (χ2v) is 7.30. The van der Waals surface area contributed by atoms with Crippen molar-refractivity contribution in [2.45, 2.75) is 33.6 Å². The van der Waals surface area contributed by atoms with Crippen molar-refractivity contribution in [3.05, 3.63) is 41.1 Å². The molecule has 1 aromatic heterocycles. The molecule has 134 valence electrons. The number of hydrogen-bond donors (Lipinski definition) is 1. The average Bonchev–Trinajstić information content (AvgIpc) is 2.56. The number of aromatic nitrogens is 2. The van der Waals surface area contributed by atoms with Crippen molar-refractivity contribution < 1.29 is 0 Å². The van der Waals surface area contributed by atoms with Crippen LogP contribution < -0.4 is 10.2 Å². The monoisotopic (exact) mass is 339 g/mol. The fourth-order valence-electron chi connectivity index (χ4n) is 3.24. The van der Waals surface area contributed by atoms with Crippen LogP contribution in [0.1, 0.15) is 36.6 Å². The Kier molecular flexibility index (Phi) is 5.23. The SMILES string of the molecule is Cc1cc(Nc2c(C)cccc2C(C)C)nc(N2CCN(C)CC2)n1. The molecular formula is C20H29N5. The predicted molar refractivity (Wildman–Crippen MR) is 105 cm³/mol. The molecule has 2 heterocycles. The number of likely N-dealkylation sites (N-methyl/N-ethyl adjacent to an activating group) is 1. The summed E-state index contributed by atoms with van der Waals surface area (Å²) >= 11 is 0. The minimum Gasteiger partial charge on any atom is -0.340 e. The fourth-order valence-corrected chi connectivity index (χ4v) is 3.24. The summed E-state index contributed by atoms with van der Waals surface area (Å²) in [5.41, 5.74) is 4.71. The van der Waals surface area contributed by atoms with Crippen LogP contribution in [0.15, 0.2) is 24.3 Å². The molecule has 1 saturated heterocycles. The highest BCUT2D eigenvalue weighted by molar-refractivity contribution is 5.66. The number of aryl methyl sites for hydroxylation is 2. The van der Waals surface area contributed by atoms with Crippen LogP contribution in [0.25, 0.3) is 0 Å². The molecule has 5 heteroatoms. The van der Waals surface area contributed by atoms with Crippen molar-refractivity contribution in [3.8, 4) is 0 Å². The highest BCUT2D eigenvalue weighted by Crippen LogP contribution is 2.30. The highest BCUT2D eigenvalue weighted by atomic mass is 15.3. The molecule has 1 aliphatic rings. The number of piperazine rings is 1. The molecule has 2 aromatic rings. The Labute approximate surface area is 151 Å². The van der Waals surface area contributed by atoms with Gasteiger partial charge in [-0.1, -0.05) is 32.0 Å². The Bertz CT molecular complexity index is 733. The van der Waals surface area contributed by atoms with E-state index in [1.165, 1.54) is 16.8 Å². The summed E-state index contributed by atoms with van der Waals surface area (Å²) in [6, 6.07) is 8.48. The Morgan fingerprint density at radius 1 is 1.04 bits per heavy atom. The summed E-state index contributed by atoms with van der Waals surface area (Å²) in [6.45, 7) is 12.7. The predicted octanol–water partition coefficient (Wildman–Crippen LogP) is 3.71. The molecule has 25 heavy (non-hydrogen) atoms. The lowest BCUT2D eigenvalue weighted by Crippen LogP contribution is -2.45. The van der Waals surface area contributed by atoms with Crippen LogP contribution in [0, 0.1) is 13.8 Å². The maximum absolute atomic E-state index is 4.80. The third-order valence-corrected chi connectivity index (χ3v) is 4.81. The number of para-hydroxylation sites is 1. The molecule has 0 saturated carbocycles. The van der Waals surface area contributed by atoms with Gasteiger partial charge in [-0.15, -0.1) is 0 Å². The zero-order valence-corrected chi connectivity index (χ0v) is 16.0. The van der Waals surface area contributed by atoms with Crippen molar-refractivity contribution >= 4 is 17.5 Å². The number of benzene rings is 1. The zero-order valence-electron chi connectivity index (χ0n) is 16.0. The first-order chi connectivity index (χ1) is 11.9. The van der Waals surface area contributed by atoms with Crippen molar-refractivity contribution in [1.82, 2.24) is 14.9 Å². The number of nitrogens with zero attached hydrogens (tertiary/aromatic N) is 4. The minimum atomic E-state index is 0.461. The first-order valence-corrected chi connectivity index (χ1v) is 9.09. The molecule has 1 N–H and O–H groups in total. The summed E-state index contributed by atoms with van der Waals surface area (Å²) in [7, 11) is 2.16. The van der Waals surface area contributed by atoms with Gasteiger partial charge in [-0.05, 0) is 37.9 Å². The van der Waals surface area contributed by atoms with Crippen molar-refractivity contribution in [2.24, 2.45) is 0 Å². The molecule has 3 rings (SSSR count). The molecule has 0 atom stereocenters. The van der Waals surface area contributed by atoms with E-state index in [9.17, 15) is 0 Å². The third kappa shape index (κ3) is 4.10. The van der Waals surface area contributed by atoms with E-state index in [0.29, 0.717) is 5.92 Å². The molecule has 0 aliphatic carbocycles. The topological polar surface area (TPSA) is 44.3 Å². The number of hydrogen-bond acceptors (Lipinski definition) is 5. The van der Waals surface area contributed by atoms with E-state index >= 15 is 0 Å². The van der Waals surface area contributed by atoms with Gasteiger partial charge >= 0.3 is 0 Å². The molecule has 0 spiro atoms. The summed E-state index contributed by atoms with van der Waals surface area (Å²) in [5, 5.41) is 3.56. The Morgan fingerprint density at radius 3 is 2.44 bits per heavy atom. The van der Waals surface area contributed by atoms with Crippen LogP contribution in [0.2, 0.25) is 0 Å². The average molecular weight is 339 g/mol. The van der Waals surface area contributed by atoms with Crippen molar-refractivity contribution in [2.75, 3.05) is 43.4 Å². The van der Waals surface area contributed by atoms with Gasteiger partial charge in [-0.25, -0.2) is 4.98 Å². The Balaban J connectivity index is 1.89. The Hall–Kier alpha value is -2.14. The quantitative estimate of drug-likeness (QED) is 0.920. The van der Waals surface area contributed by atoms with E-state index in [0.717, 1.165) is 43.6 Å². The highest BCUT2D eigenvalue weighted by Gasteiger charge is 2.18. The van der Waals surface area contributed by atoms with E-state index in [4.69, 9.17) is 4.98 Å². The minimum absolute atomic E-state index is 0.461. The van der Waals surface area contributed by atoms with E-state index < -0.39 is 0 Å². The lowest BCUT2D eigenvalue weighted by molar-refractivity contribution is 0.311. The first-order valence-electron chi connectivity index (χ1n) is 9.09. The maximum Gasteiger partial charge on any atom is 0.227 e. The number of anilines is 3. The second-order valence-electron chi connectivity index (χ2n) is 7.30. The van der Waals surface area contributed by atoms with E-state index in [1.807, 2.05) is 13.0 Å². The smallest absolute Gasteiger partial charge is 0.227 e. The lowest BCUT2D eigenvalue weighted by atomic mass is 9.98. The molecule has 1 aliphatic heterocycles. The van der Waals surface area contributed by atoms with Gasteiger partial charge in [0, 0.05) is 43.6 Å². The molecule has 0 radical (unpaired) electrons. The van der Waals surface area contributed by atoms with Crippen LogP contribution in [-0.4, -0.2) is 48.1 Å². The Morgan fingerprint density at radius 2 is 1.76 bits per heavy atom. The van der Waals surface area contributed by atoms with Gasteiger partial charge in [0.25, 0.3) is 0 Å². The van der Waals surface area contributed by atoms with Crippen molar-refractivity contribution in [1.29, 1.82) is 0 Å². The van der Waals surface area contributed by atoms with Crippen LogP contribution >= 0.6 is 0 Å². The van der Waals surface area contributed by atoms with Gasteiger partial charge in [0.2, 0.25) is 5.95 Å². The van der Waals surface area contributed by atoms with Gasteiger partial charge in [-0.3, -0.25) is 0 Å². The molecule has 1 fully saturated rings. The van der Waals surface area contributed by atoms with E-state index in [1.54, 1.807) is 0 Å². The lowest BCUT2D eigenvalue weighted by Gasteiger charge is -2.32. The summed E-state index contributed by atoms with van der Waals surface area (Å²) in [4.78, 5) is 14.1. The number of rotatable bonds is 4. The molecule has 0 amide bonds. The van der Waals surface area contributed by atoms with E-state index in [2.05, 4.69) is 66.1 Å². The van der Waals surface area contributed by atoms with Gasteiger partial charge in [0.15, 0.2) is 0 Å². The van der Waals surface area contributed by atoms with Crippen LogP contribution in [0.5, 0.6) is 0 Å². The summed E-state index contributed by atoms with van der Waals surface area (Å²) in [5.74, 6) is 2.16. The normalized spacial score (nSPS) is 15.7. The largest absolute Gasteiger partial charge is 0.340 e. The summed E-state index contributed by atoms with van der Waals surface area (Å²) < 4.78 is 0. The van der Waals surface area contributed by atoms with Crippen LogP contribution in [0.3, 0.4) is 0 Å². The fraction of sp³-hybridized carbons (Fsp3) is 0.500. The van der Waals surface area contributed by atoms with Crippen LogP contribution in [0.4, 0.5) is 17.5 Å². The molecule has 0 bridgehead atoms. The first kappa shape index (κ1) is 17.7. The molecular weight excluding hydrogens is 310 g/mol. The zero-order chi connectivity index (χ0) is 18.0.